The van der Waals surface area contributed by atoms with Crippen LogP contribution in [0.4, 0.5) is 13.2 Å². The summed E-state index contributed by atoms with van der Waals surface area (Å²) in [6.45, 7) is 0. The van der Waals surface area contributed by atoms with Crippen molar-refractivity contribution in [3.05, 3.63) is 26.5 Å². The molecule has 0 saturated carbocycles. The molecule has 0 aromatic carbocycles. The number of hydrogen-bond donors (Lipinski definition) is 1. The number of rotatable bonds is 0. The maximum absolute atomic E-state index is 12.0. The van der Waals surface area contributed by atoms with Gasteiger partial charge in [-0.25, -0.2) is 4.79 Å². The molecule has 0 spiro atoms. The van der Waals surface area contributed by atoms with Gasteiger partial charge in [-0.3, -0.25) is 9.78 Å². The molecule has 9 heteroatoms. The van der Waals surface area contributed by atoms with E-state index in [4.69, 9.17) is 0 Å². The molecule has 5 nitrogen and oxygen atoms in total. The quantitative estimate of drug-likeness (QED) is 0.520. The summed E-state index contributed by atoms with van der Waals surface area (Å²) >= 11 is -0.0208. The molecular formula is C4H3AlF3N3O2. The van der Waals surface area contributed by atoms with Crippen molar-refractivity contribution in [1.82, 2.24) is 13.7 Å². The van der Waals surface area contributed by atoms with Crippen LogP contribution >= 0.6 is 0 Å². The predicted molar refractivity (Wildman–Crippen MR) is 38.1 cm³/mol. The van der Waals surface area contributed by atoms with Gasteiger partial charge < -0.3 is 3.67 Å². The predicted octanol–water partition coefficient (Wildman–Crippen LogP) is -1.65. The van der Waals surface area contributed by atoms with Gasteiger partial charge in [-0.2, -0.15) is 18.3 Å². The zero-order valence-corrected chi connectivity index (χ0v) is 8.34. The Bertz CT molecular complexity index is 433. The SMILES string of the molecule is O=c1[nH]c(=O)[n]([AlH2])nc1C(F)(F)F. The van der Waals surface area contributed by atoms with Crippen LogP contribution < -0.4 is 11.2 Å². The van der Waals surface area contributed by atoms with Crippen LogP contribution in [0, 0.1) is 0 Å². The van der Waals surface area contributed by atoms with E-state index in [2.05, 4.69) is 5.10 Å². The van der Waals surface area contributed by atoms with Crippen molar-refractivity contribution in [3.63, 3.8) is 0 Å². The molecule has 0 radical (unpaired) electrons. The van der Waals surface area contributed by atoms with E-state index < -0.39 is 23.1 Å². The van der Waals surface area contributed by atoms with Crippen LogP contribution in [-0.4, -0.2) is 30.3 Å². The summed E-state index contributed by atoms with van der Waals surface area (Å²) in [6.07, 6.45) is -4.83. The fourth-order valence-corrected chi connectivity index (χ4v) is 0.975. The van der Waals surface area contributed by atoms with Crippen molar-refractivity contribution in [2.24, 2.45) is 0 Å². The van der Waals surface area contributed by atoms with Crippen molar-refractivity contribution in [1.29, 1.82) is 0 Å². The van der Waals surface area contributed by atoms with Gasteiger partial charge in [-0.05, 0) is 0 Å². The lowest BCUT2D eigenvalue weighted by Gasteiger charge is -2.04. The Morgan fingerprint density at radius 2 is 1.92 bits per heavy atom. The van der Waals surface area contributed by atoms with Gasteiger partial charge in [0.05, 0.1) is 0 Å². The van der Waals surface area contributed by atoms with Gasteiger partial charge in [0.25, 0.3) is 5.56 Å². The molecule has 1 rings (SSSR count). The molecule has 1 N–H and O–H groups in total. The molecule has 0 aliphatic heterocycles. The van der Waals surface area contributed by atoms with Crippen LogP contribution in [0.3, 0.4) is 0 Å². The number of H-pyrrole nitrogens is 1. The minimum atomic E-state index is -4.83. The molecule has 0 amide bonds. The molecule has 0 unspecified atom stereocenters. The lowest BCUT2D eigenvalue weighted by atomic mass is 10.4. The summed E-state index contributed by atoms with van der Waals surface area (Å²) < 4.78 is 36.5. The van der Waals surface area contributed by atoms with Crippen LogP contribution in [-0.2, 0) is 6.18 Å². The van der Waals surface area contributed by atoms with E-state index in [1.54, 1.807) is 0 Å². The molecule has 0 aliphatic carbocycles. The number of alkyl halides is 3. The van der Waals surface area contributed by atoms with E-state index in [1.165, 1.54) is 4.98 Å². The maximum Gasteiger partial charge on any atom is 0.440 e. The van der Waals surface area contributed by atoms with Gasteiger partial charge in [0.2, 0.25) is 5.69 Å². The standard InChI is InChI=1S/C4H2F3N3O2.Al.2H/c5-4(6,7)1-2(11)8-3(12)10-9-1;;;/h(H2,8,10,11,12);;;/q;+1;;/p-1. The van der Waals surface area contributed by atoms with Crippen molar-refractivity contribution in [2.75, 3.05) is 0 Å². The topological polar surface area (TPSA) is 67.8 Å². The number of hydrogen-bond acceptors (Lipinski definition) is 3. The van der Waals surface area contributed by atoms with Crippen molar-refractivity contribution < 1.29 is 13.2 Å². The highest BCUT2D eigenvalue weighted by Gasteiger charge is 2.36. The summed E-state index contributed by atoms with van der Waals surface area (Å²) in [5, 5.41) is 2.84. The Balaban J connectivity index is 3.51. The number of halogens is 3. The van der Waals surface area contributed by atoms with Gasteiger partial charge in [-0.1, -0.05) is 0 Å². The third-order valence-corrected chi connectivity index (χ3v) is 1.85. The smallest absolute Gasteiger partial charge is 0.323 e. The number of nitrogens with one attached hydrogen (secondary N) is 1. The lowest BCUT2D eigenvalue weighted by Crippen LogP contribution is -2.37. The van der Waals surface area contributed by atoms with Gasteiger partial charge in [0, 0.05) is 0 Å². The molecule has 0 saturated heterocycles. The van der Waals surface area contributed by atoms with Gasteiger partial charge in [0.1, 0.15) is 0 Å². The monoisotopic (exact) mass is 209 g/mol. The molecule has 0 fully saturated rings. The van der Waals surface area contributed by atoms with Crippen molar-refractivity contribution in [3.8, 4) is 0 Å². The molecule has 1 heterocycles. The van der Waals surface area contributed by atoms with E-state index >= 15 is 0 Å². The summed E-state index contributed by atoms with van der Waals surface area (Å²) in [6, 6.07) is 0. The van der Waals surface area contributed by atoms with E-state index in [1.807, 2.05) is 0 Å². The van der Waals surface area contributed by atoms with Crippen molar-refractivity contribution in [2.45, 2.75) is 6.18 Å². The molecule has 1 aromatic rings. The molecule has 13 heavy (non-hydrogen) atoms. The highest BCUT2D eigenvalue weighted by atomic mass is 27.1. The van der Waals surface area contributed by atoms with Crippen LogP contribution in [0.2, 0.25) is 0 Å². The minimum Gasteiger partial charge on any atom is -0.323 e. The Kier molecular flexibility index (Phi) is 2.32. The normalized spacial score (nSPS) is 11.6. The highest BCUT2D eigenvalue weighted by molar-refractivity contribution is 6.05. The lowest BCUT2D eigenvalue weighted by molar-refractivity contribution is -0.143. The maximum atomic E-state index is 12.0. The van der Waals surface area contributed by atoms with E-state index in [0.29, 0.717) is 3.67 Å². The largest absolute Gasteiger partial charge is 0.440 e. The molecule has 0 aliphatic rings. The highest BCUT2D eigenvalue weighted by Crippen LogP contribution is 2.23. The molecule has 0 bridgehead atoms. The summed E-state index contributed by atoms with van der Waals surface area (Å²) in [7, 11) is 0. The van der Waals surface area contributed by atoms with Crippen molar-refractivity contribution >= 4 is 16.5 Å². The molecular weight excluding hydrogens is 206 g/mol. The van der Waals surface area contributed by atoms with Crippen LogP contribution in [0.1, 0.15) is 5.69 Å². The first-order chi connectivity index (χ1) is 5.82. The Labute approximate surface area is 76.8 Å². The first kappa shape index (κ1) is 10.0. The first-order valence-electron chi connectivity index (χ1n) is 3.07. The summed E-state index contributed by atoms with van der Waals surface area (Å²) in [5.74, 6) is 0. The van der Waals surface area contributed by atoms with Gasteiger partial charge in [0.15, 0.2) is 0 Å². The van der Waals surface area contributed by atoms with E-state index in [0.717, 1.165) is 0 Å². The zero-order chi connectivity index (χ0) is 10.2. The van der Waals surface area contributed by atoms with Gasteiger partial charge >= 0.3 is 28.4 Å². The second-order valence-electron chi connectivity index (χ2n) is 2.23. The van der Waals surface area contributed by atoms with E-state index in [-0.39, 0.29) is 16.5 Å². The zero-order valence-electron chi connectivity index (χ0n) is 6.34. The minimum absolute atomic E-state index is 0.0208. The average molecular weight is 209 g/mol. The van der Waals surface area contributed by atoms with E-state index in [9.17, 15) is 22.8 Å². The molecule has 70 valence electrons. The Morgan fingerprint density at radius 1 is 1.38 bits per heavy atom. The molecule has 1 aromatic heterocycles. The number of aromatic nitrogens is 3. The van der Waals surface area contributed by atoms with Crippen LogP contribution in [0.15, 0.2) is 9.59 Å². The fourth-order valence-electron chi connectivity index (χ4n) is 0.663. The van der Waals surface area contributed by atoms with Gasteiger partial charge in [-0.15, -0.1) is 0 Å². The average Bonchev–Trinajstić information content (AvgIpc) is 1.94. The summed E-state index contributed by atoms with van der Waals surface area (Å²) in [4.78, 5) is 22.8. The Hall–Kier alpha value is -1.07. The number of aromatic amines is 1. The van der Waals surface area contributed by atoms with Crippen LogP contribution in [0.5, 0.6) is 0 Å². The fraction of sp³-hybridized carbons (Fsp3) is 0.250. The second-order valence-corrected chi connectivity index (χ2v) is 3.08. The summed E-state index contributed by atoms with van der Waals surface area (Å²) in [5.41, 5.74) is -4.03. The van der Waals surface area contributed by atoms with Crippen LogP contribution in [0.25, 0.3) is 0 Å². The number of nitrogens with zero attached hydrogens (tertiary/aromatic N) is 2. The molecule has 0 atom stereocenters. The first-order valence-corrected chi connectivity index (χ1v) is 3.96. The third kappa shape index (κ3) is 1.99. The second kappa shape index (κ2) is 3.01. The Morgan fingerprint density at radius 3 is 2.38 bits per heavy atom. The third-order valence-electron chi connectivity index (χ3n) is 1.25.